The van der Waals surface area contributed by atoms with Crippen LogP contribution in [-0.2, 0) is 16.0 Å². The molecule has 1 fully saturated rings. The summed E-state index contributed by atoms with van der Waals surface area (Å²) in [5.74, 6) is 1.35. The van der Waals surface area contributed by atoms with Crippen LogP contribution in [0.1, 0.15) is 83.3 Å². The van der Waals surface area contributed by atoms with E-state index in [0.29, 0.717) is 29.9 Å². The van der Waals surface area contributed by atoms with Crippen LogP contribution in [0.2, 0.25) is 0 Å². The van der Waals surface area contributed by atoms with Crippen molar-refractivity contribution in [2.24, 2.45) is 5.92 Å². The molecule has 0 saturated heterocycles. The number of carbonyl (C=O) groups is 1. The summed E-state index contributed by atoms with van der Waals surface area (Å²) in [5.41, 5.74) is 4.66. The molecule has 0 unspecified atom stereocenters. The molecule has 0 radical (unpaired) electrons. The van der Waals surface area contributed by atoms with Gasteiger partial charge in [0.1, 0.15) is 24.8 Å². The zero-order chi connectivity index (χ0) is 30.1. The van der Waals surface area contributed by atoms with Gasteiger partial charge in [-0.3, -0.25) is 4.79 Å². The molecule has 0 N–H and O–H groups in total. The van der Waals surface area contributed by atoms with E-state index in [1.54, 1.807) is 12.2 Å². The minimum atomic E-state index is -0.443. The van der Waals surface area contributed by atoms with E-state index >= 15 is 0 Å². The zero-order valence-electron chi connectivity index (χ0n) is 25.2. The van der Waals surface area contributed by atoms with Crippen molar-refractivity contribution in [3.05, 3.63) is 115 Å². The van der Waals surface area contributed by atoms with Gasteiger partial charge in [-0.1, -0.05) is 94.5 Å². The molecule has 0 spiro atoms. The molecule has 1 aromatic carbocycles. The quantitative estimate of drug-likeness (QED) is 0.100. The van der Waals surface area contributed by atoms with Crippen molar-refractivity contribution in [1.82, 2.24) is 0 Å². The van der Waals surface area contributed by atoms with Crippen molar-refractivity contribution in [3.8, 4) is 5.75 Å². The standard InChI is InChI=1S/C33H43FO3.C3H6/c1-8-23(2)9-13-26(5)27(6)32(34)21-25(4)12-16-30-17-18-31(29-14-10-24(3)11-15-29)22-33(30)37-20-19-36-28(7)35;1-3-2/h9,13,17-18,21-22,24,29H,2,4-6,8,10-12,14-16,19-20H2,1,3,7H3;3H,1H2,2H3/b13-9-,32-21+;. The molecule has 1 aromatic rings. The average Bonchev–Trinajstić information content (AvgIpc) is 2.93. The van der Waals surface area contributed by atoms with E-state index in [1.807, 2.05) is 19.9 Å². The number of hydrogen-bond donors (Lipinski definition) is 0. The van der Waals surface area contributed by atoms with E-state index < -0.39 is 5.83 Å². The Morgan fingerprint density at radius 2 is 1.70 bits per heavy atom. The largest absolute Gasteiger partial charge is 0.490 e. The molecule has 1 aliphatic carbocycles. The second-order valence-electron chi connectivity index (χ2n) is 10.4. The lowest BCUT2D eigenvalue weighted by atomic mass is 9.79. The summed E-state index contributed by atoms with van der Waals surface area (Å²) >= 11 is 0. The third-order valence-corrected chi connectivity index (χ3v) is 6.92. The number of hydrogen-bond acceptors (Lipinski definition) is 3. The second-order valence-corrected chi connectivity index (χ2v) is 10.4. The van der Waals surface area contributed by atoms with Gasteiger partial charge in [0.25, 0.3) is 0 Å². The maximum Gasteiger partial charge on any atom is 0.302 e. The van der Waals surface area contributed by atoms with Crippen molar-refractivity contribution >= 4 is 5.97 Å². The van der Waals surface area contributed by atoms with Crippen molar-refractivity contribution < 1.29 is 18.7 Å². The molecule has 1 aliphatic rings. The normalized spacial score (nSPS) is 16.9. The van der Waals surface area contributed by atoms with E-state index in [-0.39, 0.29) is 24.8 Å². The highest BCUT2D eigenvalue weighted by Crippen LogP contribution is 2.37. The van der Waals surface area contributed by atoms with Gasteiger partial charge in [0, 0.05) is 12.5 Å². The summed E-state index contributed by atoms with van der Waals surface area (Å²) in [5, 5.41) is 0. The van der Waals surface area contributed by atoms with Crippen LogP contribution in [0, 0.1) is 5.92 Å². The van der Waals surface area contributed by atoms with Gasteiger partial charge in [-0.05, 0) is 79.7 Å². The highest BCUT2D eigenvalue weighted by atomic mass is 19.1. The summed E-state index contributed by atoms with van der Waals surface area (Å²) in [6.45, 7) is 27.1. The Morgan fingerprint density at radius 1 is 1.05 bits per heavy atom. The molecule has 0 bridgehead atoms. The monoisotopic (exact) mass is 548 g/mol. The number of aryl methyl sites for hydroxylation is 1. The van der Waals surface area contributed by atoms with Gasteiger partial charge in [0.05, 0.1) is 0 Å². The molecule has 1 saturated carbocycles. The van der Waals surface area contributed by atoms with E-state index in [2.05, 4.69) is 58.0 Å². The molecule has 0 aliphatic heterocycles. The van der Waals surface area contributed by atoms with Crippen LogP contribution in [0.4, 0.5) is 4.39 Å². The summed E-state index contributed by atoms with van der Waals surface area (Å²) in [6, 6.07) is 6.43. The van der Waals surface area contributed by atoms with Gasteiger partial charge in [-0.15, -0.1) is 6.58 Å². The molecular formula is C36H49FO3. The average molecular weight is 549 g/mol. The van der Waals surface area contributed by atoms with Crippen LogP contribution < -0.4 is 4.74 Å². The number of halogens is 1. The Bertz CT molecular complexity index is 1100. The molecular weight excluding hydrogens is 499 g/mol. The third-order valence-electron chi connectivity index (χ3n) is 6.92. The fourth-order valence-corrected chi connectivity index (χ4v) is 4.32. The van der Waals surface area contributed by atoms with Gasteiger partial charge in [0.2, 0.25) is 0 Å². The predicted octanol–water partition coefficient (Wildman–Crippen LogP) is 10.1. The number of ether oxygens (including phenoxy) is 2. The number of esters is 1. The maximum atomic E-state index is 14.8. The van der Waals surface area contributed by atoms with E-state index in [9.17, 15) is 9.18 Å². The van der Waals surface area contributed by atoms with E-state index in [1.165, 1.54) is 44.2 Å². The summed E-state index contributed by atoms with van der Waals surface area (Å²) in [7, 11) is 0. The van der Waals surface area contributed by atoms with Gasteiger partial charge >= 0.3 is 5.97 Å². The molecule has 2 rings (SSSR count). The van der Waals surface area contributed by atoms with Gasteiger partial charge in [-0.2, -0.15) is 0 Å². The topological polar surface area (TPSA) is 35.5 Å². The van der Waals surface area contributed by atoms with Crippen molar-refractivity contribution in [1.29, 1.82) is 0 Å². The molecule has 0 aromatic heterocycles. The molecule has 0 amide bonds. The van der Waals surface area contributed by atoms with Gasteiger partial charge in [0.15, 0.2) is 0 Å². The number of carbonyl (C=O) groups excluding carboxylic acids is 1. The lowest BCUT2D eigenvalue weighted by molar-refractivity contribution is -0.141. The first-order valence-corrected chi connectivity index (χ1v) is 14.3. The molecule has 4 heteroatoms. The minimum absolute atomic E-state index is 0.201. The molecule has 0 heterocycles. The van der Waals surface area contributed by atoms with Crippen LogP contribution in [0.15, 0.2) is 104 Å². The summed E-state index contributed by atoms with van der Waals surface area (Å²) < 4.78 is 25.9. The lowest BCUT2D eigenvalue weighted by Gasteiger charge is -2.27. The number of rotatable bonds is 14. The molecule has 40 heavy (non-hydrogen) atoms. The van der Waals surface area contributed by atoms with Crippen LogP contribution in [0.25, 0.3) is 0 Å². The Balaban J connectivity index is 0.00000254. The Labute approximate surface area is 242 Å². The first-order chi connectivity index (χ1) is 19.0. The summed E-state index contributed by atoms with van der Waals surface area (Å²) in [4.78, 5) is 11.1. The van der Waals surface area contributed by atoms with Crippen LogP contribution in [0.5, 0.6) is 5.75 Å². The SMILES string of the molecule is C=C(/C=C\C(=C)C(=C)/C(F)=C\C(=C)CCc1ccc(C2CCC(C)CC2)cc1OCCOC(C)=O)CC.C=CC. The summed E-state index contributed by atoms with van der Waals surface area (Å²) in [6.07, 6.45) is 13.6. The Kier molecular flexibility index (Phi) is 16.3. The molecule has 3 nitrogen and oxygen atoms in total. The fourth-order valence-electron chi connectivity index (χ4n) is 4.32. The number of benzene rings is 1. The molecule has 218 valence electrons. The molecule has 0 atom stereocenters. The van der Waals surface area contributed by atoms with E-state index in [4.69, 9.17) is 9.47 Å². The second kappa shape index (κ2) is 18.8. The zero-order valence-corrected chi connectivity index (χ0v) is 25.2. The van der Waals surface area contributed by atoms with Crippen molar-refractivity contribution in [2.75, 3.05) is 13.2 Å². The van der Waals surface area contributed by atoms with Gasteiger partial charge in [-0.25, -0.2) is 4.39 Å². The highest BCUT2D eigenvalue weighted by molar-refractivity contribution is 5.65. The third kappa shape index (κ3) is 13.1. The highest BCUT2D eigenvalue weighted by Gasteiger charge is 2.21. The Morgan fingerprint density at radius 3 is 2.30 bits per heavy atom. The lowest BCUT2D eigenvalue weighted by Crippen LogP contribution is -2.13. The van der Waals surface area contributed by atoms with Crippen LogP contribution in [0.3, 0.4) is 0 Å². The van der Waals surface area contributed by atoms with Crippen LogP contribution >= 0.6 is 0 Å². The first-order valence-electron chi connectivity index (χ1n) is 14.3. The van der Waals surface area contributed by atoms with Crippen molar-refractivity contribution in [3.63, 3.8) is 0 Å². The minimum Gasteiger partial charge on any atom is -0.490 e. The Hall–Kier alpha value is -3.40. The predicted molar refractivity (Wildman–Crippen MR) is 168 cm³/mol. The van der Waals surface area contributed by atoms with Gasteiger partial charge < -0.3 is 9.47 Å². The van der Waals surface area contributed by atoms with Crippen molar-refractivity contribution in [2.45, 2.75) is 78.6 Å². The van der Waals surface area contributed by atoms with E-state index in [0.717, 1.165) is 29.2 Å². The first kappa shape index (κ1) is 34.6. The fraction of sp³-hybridized carbons (Fsp3) is 0.417. The maximum absolute atomic E-state index is 14.8. The van der Waals surface area contributed by atoms with Crippen LogP contribution in [-0.4, -0.2) is 19.2 Å². The smallest absolute Gasteiger partial charge is 0.302 e. The number of allylic oxidation sites excluding steroid dienone is 9.